The average Bonchev–Trinajstić information content (AvgIpc) is 3.47. The molecule has 51 heavy (non-hydrogen) atoms. The molecule has 2 heterocycles. The van der Waals surface area contributed by atoms with Crippen LogP contribution in [-0.2, 0) is 46.5 Å². The Morgan fingerprint density at radius 2 is 1.29 bits per heavy atom. The van der Waals surface area contributed by atoms with Crippen LogP contribution in [-0.4, -0.2) is 92.6 Å². The maximum absolute atomic E-state index is 13.5. The van der Waals surface area contributed by atoms with Gasteiger partial charge in [0.25, 0.3) is 11.5 Å². The first-order valence-corrected chi connectivity index (χ1v) is 15.8. The zero-order valence-electron chi connectivity index (χ0n) is 27.2. The highest BCUT2D eigenvalue weighted by Crippen LogP contribution is 2.30. The fourth-order valence-corrected chi connectivity index (χ4v) is 5.23. The Bertz CT molecular complexity index is 1870. The fourth-order valence-electron chi connectivity index (χ4n) is 5.23. The number of aliphatic hydroxyl groups excluding tert-OH is 2. The summed E-state index contributed by atoms with van der Waals surface area (Å²) in [6.07, 6.45) is -4.87. The van der Waals surface area contributed by atoms with Crippen LogP contribution in [0.2, 0.25) is 0 Å². The summed E-state index contributed by atoms with van der Waals surface area (Å²) in [5.41, 5.74) is -0.611. The van der Waals surface area contributed by atoms with Crippen LogP contribution in [0.4, 0.5) is 0 Å². The second-order valence-electron chi connectivity index (χ2n) is 11.4. The summed E-state index contributed by atoms with van der Waals surface area (Å²) in [4.78, 5) is 79.2. The van der Waals surface area contributed by atoms with Gasteiger partial charge >= 0.3 is 17.6 Å². The molecule has 15 nitrogen and oxygen atoms in total. The number of rotatable bonds is 14. The second kappa shape index (κ2) is 17.3. The van der Waals surface area contributed by atoms with Gasteiger partial charge in [0.1, 0.15) is 51.2 Å². The quantitative estimate of drug-likeness (QED) is 0.175. The Balaban J connectivity index is 1.32. The molecule has 5 rings (SSSR count). The summed E-state index contributed by atoms with van der Waals surface area (Å²) >= 11 is 0. The first-order chi connectivity index (χ1) is 24.7. The van der Waals surface area contributed by atoms with E-state index < -0.39 is 85.8 Å². The number of hydrogen-bond acceptors (Lipinski definition) is 12. The summed E-state index contributed by atoms with van der Waals surface area (Å²) in [5, 5.41) is 20.8. The first kappa shape index (κ1) is 36.5. The van der Waals surface area contributed by atoms with E-state index in [0.717, 1.165) is 21.7 Å². The van der Waals surface area contributed by atoms with Gasteiger partial charge in [-0.2, -0.15) is 4.57 Å². The van der Waals surface area contributed by atoms with Gasteiger partial charge in [0, 0.05) is 17.8 Å². The van der Waals surface area contributed by atoms with E-state index in [-0.39, 0.29) is 18.8 Å². The van der Waals surface area contributed by atoms with E-state index >= 15 is 0 Å². The number of carbonyl (C=O) groups excluding carboxylic acids is 4. The Morgan fingerprint density at radius 3 is 1.82 bits per heavy atom. The van der Waals surface area contributed by atoms with E-state index in [9.17, 15) is 39.0 Å². The third-order valence-electron chi connectivity index (χ3n) is 7.88. The predicted octanol–water partition coefficient (Wildman–Crippen LogP) is 0.650. The van der Waals surface area contributed by atoms with Crippen LogP contribution in [0.3, 0.4) is 0 Å². The number of amides is 1. The lowest BCUT2D eigenvalue weighted by molar-refractivity contribution is -0.159. The summed E-state index contributed by atoms with van der Waals surface area (Å²) in [7, 11) is 0. The topological polar surface area (TPSA) is 193 Å². The molecular formula is C36H35N3O12. The summed E-state index contributed by atoms with van der Waals surface area (Å²) in [6.45, 7) is -3.04. The van der Waals surface area contributed by atoms with Gasteiger partial charge in [0.2, 0.25) is 5.91 Å². The van der Waals surface area contributed by atoms with Crippen LogP contribution in [0, 0.1) is 0 Å². The molecule has 266 valence electrons. The van der Waals surface area contributed by atoms with Gasteiger partial charge in [-0.15, -0.1) is 0 Å². The van der Waals surface area contributed by atoms with Crippen molar-refractivity contribution in [1.29, 1.82) is 0 Å². The highest BCUT2D eigenvalue weighted by atomic mass is 16.6. The standard InChI is InChI=1S/C36H35N3O12/c40-20-27-32(45)33(35(51-27)38-17-16-28(41)39(36(38)47)34(46)26-14-8-3-9-15-26)50-23-29(42)37(18-30(43)48-21-24-10-4-1-5-11-24)19-31(44)49-22-25-12-6-2-7-13-25/h1-17,27,32-33,35,40,45H,18-23H2/t27-,32-,33-,35-/m1/s1. The fraction of sp³-hybridized carbons (Fsp3) is 0.278. The number of esters is 2. The van der Waals surface area contributed by atoms with Crippen LogP contribution in [0.1, 0.15) is 27.7 Å². The maximum Gasteiger partial charge on any atom is 0.340 e. The third kappa shape index (κ3) is 9.29. The summed E-state index contributed by atoms with van der Waals surface area (Å²) < 4.78 is 23.2. The van der Waals surface area contributed by atoms with Gasteiger partial charge in [-0.25, -0.2) is 4.79 Å². The first-order valence-electron chi connectivity index (χ1n) is 15.8. The van der Waals surface area contributed by atoms with E-state index in [4.69, 9.17) is 18.9 Å². The van der Waals surface area contributed by atoms with Crippen LogP contribution in [0.5, 0.6) is 0 Å². The average molecular weight is 702 g/mol. The number of nitrogens with zero attached hydrogens (tertiary/aromatic N) is 3. The zero-order chi connectivity index (χ0) is 36.3. The minimum atomic E-state index is -1.59. The van der Waals surface area contributed by atoms with Gasteiger partial charge in [0.15, 0.2) is 6.23 Å². The maximum atomic E-state index is 13.5. The minimum Gasteiger partial charge on any atom is -0.459 e. The van der Waals surface area contributed by atoms with E-state index in [1.165, 1.54) is 12.1 Å². The SMILES string of the molecule is O=C(CN(CC(=O)OCc1ccccc1)C(=O)CO[C@@H]1[C@H](O)[C@@H](CO)O[C@H]1n1ccc(=O)n(C(=O)c2ccccc2)c1=O)OCc1ccccc1. The van der Waals surface area contributed by atoms with E-state index in [0.29, 0.717) is 15.7 Å². The van der Waals surface area contributed by atoms with E-state index in [2.05, 4.69) is 0 Å². The number of ether oxygens (including phenoxy) is 4. The largest absolute Gasteiger partial charge is 0.459 e. The van der Waals surface area contributed by atoms with Crippen molar-refractivity contribution < 1.29 is 48.3 Å². The second-order valence-corrected chi connectivity index (χ2v) is 11.4. The molecular weight excluding hydrogens is 666 g/mol. The smallest absolute Gasteiger partial charge is 0.340 e. The van der Waals surface area contributed by atoms with E-state index in [1.807, 2.05) is 0 Å². The van der Waals surface area contributed by atoms with Gasteiger partial charge in [0.05, 0.1) is 6.61 Å². The Morgan fingerprint density at radius 1 is 0.765 bits per heavy atom. The lowest BCUT2D eigenvalue weighted by Crippen LogP contribution is -2.47. The normalized spacial score (nSPS) is 18.2. The molecule has 0 aliphatic carbocycles. The molecule has 1 amide bonds. The molecule has 1 fully saturated rings. The van der Waals surface area contributed by atoms with Crippen molar-refractivity contribution in [3.05, 3.63) is 141 Å². The number of benzene rings is 3. The van der Waals surface area contributed by atoms with Crippen molar-refractivity contribution in [1.82, 2.24) is 14.0 Å². The van der Waals surface area contributed by atoms with Crippen molar-refractivity contribution >= 4 is 23.8 Å². The lowest BCUT2D eigenvalue weighted by Gasteiger charge is -2.25. The van der Waals surface area contributed by atoms with Crippen molar-refractivity contribution in [2.45, 2.75) is 37.8 Å². The molecule has 1 aliphatic heterocycles. The van der Waals surface area contributed by atoms with E-state index in [1.54, 1.807) is 78.9 Å². The van der Waals surface area contributed by atoms with Crippen LogP contribution >= 0.6 is 0 Å². The van der Waals surface area contributed by atoms with Crippen LogP contribution in [0.25, 0.3) is 0 Å². The monoisotopic (exact) mass is 701 g/mol. The molecule has 3 aromatic carbocycles. The Hall–Kier alpha value is -5.74. The van der Waals surface area contributed by atoms with Crippen molar-refractivity contribution in [3.63, 3.8) is 0 Å². The van der Waals surface area contributed by atoms with Crippen molar-refractivity contribution in [2.75, 3.05) is 26.3 Å². The zero-order valence-corrected chi connectivity index (χ0v) is 27.2. The molecule has 1 aromatic heterocycles. The number of aliphatic hydroxyl groups is 2. The van der Waals surface area contributed by atoms with Crippen LogP contribution in [0.15, 0.2) is 113 Å². The molecule has 0 spiro atoms. The molecule has 0 saturated carbocycles. The van der Waals surface area contributed by atoms with Crippen molar-refractivity contribution in [3.8, 4) is 0 Å². The number of aromatic nitrogens is 2. The van der Waals surface area contributed by atoms with Crippen LogP contribution < -0.4 is 11.2 Å². The minimum absolute atomic E-state index is 0.0538. The highest BCUT2D eigenvalue weighted by Gasteiger charge is 2.46. The lowest BCUT2D eigenvalue weighted by atomic mass is 10.1. The molecule has 2 N–H and O–H groups in total. The van der Waals surface area contributed by atoms with Gasteiger partial charge in [-0.3, -0.25) is 28.5 Å². The van der Waals surface area contributed by atoms with Crippen molar-refractivity contribution in [2.24, 2.45) is 0 Å². The number of hydrogen-bond donors (Lipinski definition) is 2. The molecule has 0 unspecified atom stereocenters. The molecule has 1 aliphatic rings. The van der Waals surface area contributed by atoms with Gasteiger partial charge in [-0.05, 0) is 23.3 Å². The molecule has 0 radical (unpaired) electrons. The highest BCUT2D eigenvalue weighted by molar-refractivity contribution is 5.95. The van der Waals surface area contributed by atoms with Gasteiger partial charge < -0.3 is 34.1 Å². The number of carbonyl (C=O) groups is 4. The predicted molar refractivity (Wildman–Crippen MR) is 177 cm³/mol. The molecule has 15 heteroatoms. The summed E-state index contributed by atoms with van der Waals surface area (Å²) in [5.74, 6) is -3.47. The van der Waals surface area contributed by atoms with Gasteiger partial charge in [-0.1, -0.05) is 78.9 Å². The molecule has 0 bridgehead atoms. The molecule has 1 saturated heterocycles. The third-order valence-corrected chi connectivity index (χ3v) is 7.88. The Labute approximate surface area is 290 Å². The summed E-state index contributed by atoms with van der Waals surface area (Å²) in [6, 6.07) is 26.1. The Kier molecular flexibility index (Phi) is 12.4. The molecule has 4 atom stereocenters. The molecule has 4 aromatic rings.